The standard InChI is InChI=1S/C19H25N5O/c1-2-14-10-20-19(21-11-14)24-7-5-15(6-8-24)12-25-18-9-17(16-3-4-16)22-13-23-18/h9-11,13,15-16H,2-8,12H2,1H3. The molecule has 0 spiro atoms. The van der Waals surface area contributed by atoms with E-state index in [1.807, 2.05) is 18.5 Å². The van der Waals surface area contributed by atoms with Gasteiger partial charge < -0.3 is 9.64 Å². The van der Waals surface area contributed by atoms with Crippen LogP contribution in [0.3, 0.4) is 0 Å². The molecule has 6 heteroatoms. The van der Waals surface area contributed by atoms with Gasteiger partial charge in [0, 0.05) is 37.5 Å². The number of aryl methyl sites for hydroxylation is 1. The average molecular weight is 339 g/mol. The molecule has 0 bridgehead atoms. The van der Waals surface area contributed by atoms with Crippen LogP contribution in [0.15, 0.2) is 24.8 Å². The van der Waals surface area contributed by atoms with E-state index in [9.17, 15) is 0 Å². The summed E-state index contributed by atoms with van der Waals surface area (Å²) in [6, 6.07) is 2.01. The molecular formula is C19H25N5O. The van der Waals surface area contributed by atoms with Gasteiger partial charge in [-0.1, -0.05) is 6.92 Å². The summed E-state index contributed by atoms with van der Waals surface area (Å²) < 4.78 is 5.93. The Bertz CT molecular complexity index is 693. The lowest BCUT2D eigenvalue weighted by molar-refractivity contribution is 0.215. The molecular weight excluding hydrogens is 314 g/mol. The highest BCUT2D eigenvalue weighted by Crippen LogP contribution is 2.39. The summed E-state index contributed by atoms with van der Waals surface area (Å²) in [4.78, 5) is 19.8. The van der Waals surface area contributed by atoms with Crippen molar-refractivity contribution in [1.82, 2.24) is 19.9 Å². The molecule has 2 aliphatic rings. The molecule has 1 aliphatic carbocycles. The maximum absolute atomic E-state index is 5.93. The van der Waals surface area contributed by atoms with Crippen LogP contribution in [0.1, 0.15) is 49.8 Å². The lowest BCUT2D eigenvalue weighted by Gasteiger charge is -2.31. The second-order valence-corrected chi connectivity index (χ2v) is 7.04. The topological polar surface area (TPSA) is 64.0 Å². The Kier molecular flexibility index (Phi) is 4.76. The zero-order valence-corrected chi connectivity index (χ0v) is 14.8. The first kappa shape index (κ1) is 16.2. The molecule has 132 valence electrons. The monoisotopic (exact) mass is 339 g/mol. The van der Waals surface area contributed by atoms with Crippen molar-refractivity contribution in [2.75, 3.05) is 24.6 Å². The van der Waals surface area contributed by atoms with Crippen molar-refractivity contribution in [3.8, 4) is 5.88 Å². The Balaban J connectivity index is 1.26. The molecule has 2 aromatic rings. The van der Waals surface area contributed by atoms with Crippen molar-refractivity contribution in [1.29, 1.82) is 0 Å². The number of rotatable bonds is 6. The van der Waals surface area contributed by atoms with Gasteiger partial charge in [0.1, 0.15) is 6.33 Å². The molecule has 2 fully saturated rings. The van der Waals surface area contributed by atoms with Crippen molar-refractivity contribution < 1.29 is 4.74 Å². The minimum Gasteiger partial charge on any atom is -0.477 e. The Morgan fingerprint density at radius 2 is 1.80 bits per heavy atom. The van der Waals surface area contributed by atoms with Gasteiger partial charge in [0.05, 0.1) is 12.3 Å². The lowest BCUT2D eigenvalue weighted by atomic mass is 9.98. The highest BCUT2D eigenvalue weighted by atomic mass is 16.5. The van der Waals surface area contributed by atoms with E-state index in [2.05, 4.69) is 31.8 Å². The fraction of sp³-hybridized carbons (Fsp3) is 0.579. The Labute approximate surface area is 148 Å². The van der Waals surface area contributed by atoms with Crippen LogP contribution in [0.25, 0.3) is 0 Å². The minimum atomic E-state index is 0.561. The number of nitrogens with zero attached hydrogens (tertiary/aromatic N) is 5. The molecule has 0 N–H and O–H groups in total. The average Bonchev–Trinajstić information content (AvgIpc) is 3.52. The van der Waals surface area contributed by atoms with Crippen LogP contribution in [0, 0.1) is 5.92 Å². The zero-order valence-electron chi connectivity index (χ0n) is 14.8. The number of piperidine rings is 1. The summed E-state index contributed by atoms with van der Waals surface area (Å²) in [5.41, 5.74) is 2.31. The Morgan fingerprint density at radius 3 is 2.48 bits per heavy atom. The predicted molar refractivity (Wildman–Crippen MR) is 95.8 cm³/mol. The Morgan fingerprint density at radius 1 is 1.04 bits per heavy atom. The van der Waals surface area contributed by atoms with Crippen molar-refractivity contribution >= 4 is 5.95 Å². The van der Waals surface area contributed by atoms with Gasteiger partial charge in [-0.15, -0.1) is 0 Å². The molecule has 2 aromatic heterocycles. The normalized spacial score (nSPS) is 18.4. The second kappa shape index (κ2) is 7.33. The summed E-state index contributed by atoms with van der Waals surface area (Å²) in [6.07, 6.45) is 11.2. The highest BCUT2D eigenvalue weighted by molar-refractivity contribution is 5.30. The molecule has 1 saturated heterocycles. The predicted octanol–water partition coefficient (Wildman–Crippen LogP) is 3.00. The third-order valence-electron chi connectivity index (χ3n) is 5.12. The largest absolute Gasteiger partial charge is 0.477 e. The first-order valence-electron chi connectivity index (χ1n) is 9.32. The molecule has 4 rings (SSSR count). The van der Waals surface area contributed by atoms with E-state index in [-0.39, 0.29) is 0 Å². The molecule has 25 heavy (non-hydrogen) atoms. The van der Waals surface area contributed by atoms with E-state index >= 15 is 0 Å². The fourth-order valence-electron chi connectivity index (χ4n) is 3.23. The van der Waals surface area contributed by atoms with Crippen LogP contribution in [0.2, 0.25) is 0 Å². The van der Waals surface area contributed by atoms with E-state index in [4.69, 9.17) is 4.74 Å². The molecule has 6 nitrogen and oxygen atoms in total. The molecule has 0 unspecified atom stereocenters. The molecule has 1 saturated carbocycles. The van der Waals surface area contributed by atoms with Crippen LogP contribution in [0.5, 0.6) is 5.88 Å². The van der Waals surface area contributed by atoms with Gasteiger partial charge >= 0.3 is 0 Å². The zero-order chi connectivity index (χ0) is 17.1. The molecule has 0 radical (unpaired) electrons. The fourth-order valence-corrected chi connectivity index (χ4v) is 3.23. The summed E-state index contributed by atoms with van der Waals surface area (Å²) >= 11 is 0. The highest BCUT2D eigenvalue weighted by Gasteiger charge is 2.26. The summed E-state index contributed by atoms with van der Waals surface area (Å²) in [5, 5.41) is 0. The smallest absolute Gasteiger partial charge is 0.225 e. The van der Waals surface area contributed by atoms with Crippen molar-refractivity contribution in [3.63, 3.8) is 0 Å². The van der Waals surface area contributed by atoms with Gasteiger partial charge in [0.25, 0.3) is 0 Å². The summed E-state index contributed by atoms with van der Waals surface area (Å²) in [5.74, 6) is 2.76. The van der Waals surface area contributed by atoms with E-state index < -0.39 is 0 Å². The van der Waals surface area contributed by atoms with Crippen LogP contribution >= 0.6 is 0 Å². The number of hydrogen-bond donors (Lipinski definition) is 0. The number of ether oxygens (including phenoxy) is 1. The van der Waals surface area contributed by atoms with Crippen molar-refractivity contribution in [3.05, 3.63) is 36.0 Å². The molecule has 0 aromatic carbocycles. The summed E-state index contributed by atoms with van der Waals surface area (Å²) in [6.45, 7) is 4.81. The first-order chi connectivity index (χ1) is 12.3. The van der Waals surface area contributed by atoms with Crippen LogP contribution in [0.4, 0.5) is 5.95 Å². The van der Waals surface area contributed by atoms with E-state index in [0.717, 1.165) is 56.5 Å². The summed E-state index contributed by atoms with van der Waals surface area (Å²) in [7, 11) is 0. The van der Waals surface area contributed by atoms with Crippen LogP contribution < -0.4 is 9.64 Å². The molecule has 0 atom stereocenters. The van der Waals surface area contributed by atoms with Gasteiger partial charge in [-0.25, -0.2) is 19.9 Å². The van der Waals surface area contributed by atoms with Gasteiger partial charge in [-0.2, -0.15) is 0 Å². The van der Waals surface area contributed by atoms with Crippen molar-refractivity contribution in [2.45, 2.75) is 44.9 Å². The van der Waals surface area contributed by atoms with Crippen molar-refractivity contribution in [2.24, 2.45) is 5.92 Å². The van der Waals surface area contributed by atoms with Gasteiger partial charge in [0.15, 0.2) is 0 Å². The lowest BCUT2D eigenvalue weighted by Crippen LogP contribution is -2.36. The first-order valence-corrected chi connectivity index (χ1v) is 9.32. The van der Waals surface area contributed by atoms with Crippen LogP contribution in [-0.2, 0) is 6.42 Å². The van der Waals surface area contributed by atoms with Crippen LogP contribution in [-0.4, -0.2) is 39.6 Å². The van der Waals surface area contributed by atoms with Gasteiger partial charge in [0.2, 0.25) is 11.8 Å². The van der Waals surface area contributed by atoms with E-state index in [0.29, 0.717) is 11.8 Å². The number of anilines is 1. The maximum Gasteiger partial charge on any atom is 0.225 e. The third kappa shape index (κ3) is 4.06. The molecule has 0 amide bonds. The van der Waals surface area contributed by atoms with Gasteiger partial charge in [-0.3, -0.25) is 0 Å². The second-order valence-electron chi connectivity index (χ2n) is 7.04. The molecule has 3 heterocycles. The number of hydrogen-bond acceptors (Lipinski definition) is 6. The third-order valence-corrected chi connectivity index (χ3v) is 5.12. The minimum absolute atomic E-state index is 0.561. The van der Waals surface area contributed by atoms with Gasteiger partial charge in [-0.05, 0) is 43.6 Å². The quantitative estimate of drug-likeness (QED) is 0.806. The SMILES string of the molecule is CCc1cnc(N2CCC(COc3cc(C4CC4)ncn3)CC2)nc1. The molecule has 1 aliphatic heterocycles. The van der Waals surface area contributed by atoms with E-state index in [1.165, 1.54) is 18.4 Å². The van der Waals surface area contributed by atoms with E-state index in [1.54, 1.807) is 6.33 Å². The number of aromatic nitrogens is 4. The Hall–Kier alpha value is -2.24. The maximum atomic E-state index is 5.93.